The fourth-order valence-corrected chi connectivity index (χ4v) is 1.52. The highest BCUT2D eigenvalue weighted by Gasteiger charge is 2.03. The summed E-state index contributed by atoms with van der Waals surface area (Å²) >= 11 is 5.12. The van der Waals surface area contributed by atoms with Crippen LogP contribution in [0, 0.1) is 4.64 Å². The molecular weight excluding hydrogens is 186 g/mol. The Morgan fingerprint density at radius 1 is 1.62 bits per heavy atom. The van der Waals surface area contributed by atoms with Gasteiger partial charge in [-0.1, -0.05) is 12.2 Å². The number of aryl methyl sites for hydroxylation is 1. The molecular formula is C7H9N5S. The van der Waals surface area contributed by atoms with Crippen molar-refractivity contribution in [3.8, 4) is 0 Å². The van der Waals surface area contributed by atoms with Crippen molar-refractivity contribution in [3.05, 3.63) is 11.0 Å². The monoisotopic (exact) mass is 195 g/mol. The van der Waals surface area contributed by atoms with E-state index in [9.17, 15) is 0 Å². The number of hydrogen-bond acceptors (Lipinski definition) is 4. The highest BCUT2D eigenvalue weighted by atomic mass is 32.1. The van der Waals surface area contributed by atoms with Gasteiger partial charge < -0.3 is 14.9 Å². The zero-order valence-electron chi connectivity index (χ0n) is 7.33. The van der Waals surface area contributed by atoms with Gasteiger partial charge >= 0.3 is 0 Å². The van der Waals surface area contributed by atoms with E-state index < -0.39 is 0 Å². The first-order valence-corrected chi connectivity index (χ1v) is 4.22. The summed E-state index contributed by atoms with van der Waals surface area (Å²) in [6.45, 7) is 0. The lowest BCUT2D eigenvalue weighted by Gasteiger charge is -1.99. The zero-order chi connectivity index (χ0) is 9.42. The molecule has 0 aliphatic carbocycles. The van der Waals surface area contributed by atoms with E-state index in [-0.39, 0.29) is 0 Å². The molecule has 6 heteroatoms. The quantitative estimate of drug-likeness (QED) is 0.668. The summed E-state index contributed by atoms with van der Waals surface area (Å²) in [5.41, 5.74) is 1.61. The van der Waals surface area contributed by atoms with Gasteiger partial charge in [-0.15, -0.1) is 0 Å². The lowest BCUT2D eigenvalue weighted by molar-refractivity contribution is 0.942. The summed E-state index contributed by atoms with van der Waals surface area (Å²) in [6.07, 6.45) is 1.71. The molecule has 0 radical (unpaired) electrons. The third-order valence-corrected chi connectivity index (χ3v) is 2.11. The lowest BCUT2D eigenvalue weighted by atomic mass is 10.5. The number of H-pyrrole nitrogens is 1. The second-order valence-electron chi connectivity index (χ2n) is 2.69. The molecule has 5 nitrogen and oxygen atoms in total. The van der Waals surface area contributed by atoms with E-state index in [1.165, 1.54) is 0 Å². The number of aromatic nitrogens is 4. The second-order valence-corrected chi connectivity index (χ2v) is 3.08. The summed E-state index contributed by atoms with van der Waals surface area (Å²) in [7, 11) is 3.67. The summed E-state index contributed by atoms with van der Waals surface area (Å²) in [5.74, 6) is 0.635. The largest absolute Gasteiger partial charge is 0.359 e. The molecule has 13 heavy (non-hydrogen) atoms. The van der Waals surface area contributed by atoms with Crippen molar-refractivity contribution in [2.45, 2.75) is 0 Å². The van der Waals surface area contributed by atoms with Gasteiger partial charge in [-0.25, -0.2) is 9.97 Å². The lowest BCUT2D eigenvalue weighted by Crippen LogP contribution is -1.97. The van der Waals surface area contributed by atoms with E-state index in [0.717, 1.165) is 11.2 Å². The minimum absolute atomic E-state index is 0.554. The van der Waals surface area contributed by atoms with Crippen molar-refractivity contribution >= 4 is 29.3 Å². The molecule has 0 saturated heterocycles. The van der Waals surface area contributed by atoms with Crippen LogP contribution in [0.4, 0.5) is 5.95 Å². The van der Waals surface area contributed by atoms with Crippen LogP contribution in [0.1, 0.15) is 0 Å². The molecule has 2 heterocycles. The topological polar surface area (TPSA) is 58.5 Å². The number of aromatic amines is 1. The number of imidazole rings is 1. The van der Waals surface area contributed by atoms with E-state index in [4.69, 9.17) is 12.2 Å². The normalized spacial score (nSPS) is 10.6. The minimum atomic E-state index is 0.554. The predicted octanol–water partition coefficient (Wildman–Crippen LogP) is 1.07. The molecule has 0 aliphatic rings. The predicted molar refractivity (Wildman–Crippen MR) is 53.2 cm³/mol. The molecule has 0 bridgehead atoms. The van der Waals surface area contributed by atoms with Crippen LogP contribution in [0.25, 0.3) is 11.2 Å². The summed E-state index contributed by atoms with van der Waals surface area (Å²) in [6, 6.07) is 0. The van der Waals surface area contributed by atoms with Gasteiger partial charge in [-0.2, -0.15) is 0 Å². The number of fused-ring (bicyclic) bond motifs is 1. The molecule has 0 aromatic carbocycles. The Hall–Kier alpha value is -1.43. The summed E-state index contributed by atoms with van der Waals surface area (Å²) in [4.78, 5) is 11.3. The molecule has 2 N–H and O–H groups in total. The van der Waals surface area contributed by atoms with Gasteiger partial charge in [-0.05, 0) is 0 Å². The standard InChI is InChI=1S/C7H9N5S/c1-8-7-10-5-4(6(13)11-7)12(2)3-9-5/h3H,1-2H3,(H2,8,10,11,13). The van der Waals surface area contributed by atoms with Crippen molar-refractivity contribution in [1.29, 1.82) is 0 Å². The van der Waals surface area contributed by atoms with Gasteiger partial charge in [0.05, 0.1) is 6.33 Å². The summed E-state index contributed by atoms with van der Waals surface area (Å²) < 4.78 is 2.40. The third-order valence-electron chi connectivity index (χ3n) is 1.83. The molecule has 0 unspecified atom stereocenters. The number of hydrogen-bond donors (Lipinski definition) is 2. The van der Waals surface area contributed by atoms with Gasteiger partial charge in [0.25, 0.3) is 0 Å². The first-order chi connectivity index (χ1) is 6.22. The van der Waals surface area contributed by atoms with E-state index in [1.54, 1.807) is 13.4 Å². The molecule has 2 aromatic rings. The Balaban J connectivity index is 2.87. The van der Waals surface area contributed by atoms with E-state index in [2.05, 4.69) is 20.3 Å². The maximum Gasteiger partial charge on any atom is 0.202 e. The van der Waals surface area contributed by atoms with Gasteiger partial charge in [0.1, 0.15) is 5.52 Å². The Labute approximate surface area is 79.8 Å². The second kappa shape index (κ2) is 2.81. The van der Waals surface area contributed by atoms with Crippen molar-refractivity contribution in [2.75, 3.05) is 12.4 Å². The minimum Gasteiger partial charge on any atom is -0.359 e. The average molecular weight is 195 g/mol. The van der Waals surface area contributed by atoms with Crippen LogP contribution >= 0.6 is 12.2 Å². The van der Waals surface area contributed by atoms with Crippen molar-refractivity contribution in [2.24, 2.45) is 7.05 Å². The molecule has 2 rings (SSSR count). The van der Waals surface area contributed by atoms with Crippen LogP contribution in [0.3, 0.4) is 0 Å². The van der Waals surface area contributed by atoms with Crippen molar-refractivity contribution in [1.82, 2.24) is 19.5 Å². The molecule has 2 aromatic heterocycles. The summed E-state index contributed by atoms with van der Waals surface area (Å²) in [5, 5.41) is 2.89. The Kier molecular flexibility index (Phi) is 1.77. The van der Waals surface area contributed by atoms with E-state index in [0.29, 0.717) is 10.6 Å². The van der Waals surface area contributed by atoms with Crippen LogP contribution in [-0.4, -0.2) is 26.6 Å². The SMILES string of the molecule is CNc1nc(=S)c2c(ncn2C)[nH]1. The number of rotatable bonds is 1. The Morgan fingerprint density at radius 3 is 3.08 bits per heavy atom. The Morgan fingerprint density at radius 2 is 2.38 bits per heavy atom. The van der Waals surface area contributed by atoms with Gasteiger partial charge in [-0.3, -0.25) is 0 Å². The first-order valence-electron chi connectivity index (χ1n) is 3.81. The maximum atomic E-state index is 5.12. The zero-order valence-corrected chi connectivity index (χ0v) is 8.14. The van der Waals surface area contributed by atoms with Crippen LogP contribution in [0.15, 0.2) is 6.33 Å². The van der Waals surface area contributed by atoms with Crippen LogP contribution in [0.2, 0.25) is 0 Å². The maximum absolute atomic E-state index is 5.12. The van der Waals surface area contributed by atoms with Crippen LogP contribution < -0.4 is 5.32 Å². The molecule has 0 amide bonds. The van der Waals surface area contributed by atoms with Crippen LogP contribution in [-0.2, 0) is 7.05 Å². The Bertz CT molecular complexity index is 497. The van der Waals surface area contributed by atoms with Crippen molar-refractivity contribution < 1.29 is 0 Å². The first kappa shape index (κ1) is 8.18. The van der Waals surface area contributed by atoms with Gasteiger partial charge in [0, 0.05) is 14.1 Å². The molecule has 0 fully saturated rings. The molecule has 0 atom stereocenters. The molecule has 0 saturated carbocycles. The van der Waals surface area contributed by atoms with Crippen LogP contribution in [0.5, 0.6) is 0 Å². The van der Waals surface area contributed by atoms with Crippen molar-refractivity contribution in [3.63, 3.8) is 0 Å². The fourth-order valence-electron chi connectivity index (χ4n) is 1.19. The van der Waals surface area contributed by atoms with Gasteiger partial charge in [0.15, 0.2) is 10.3 Å². The number of anilines is 1. The molecule has 68 valence electrons. The van der Waals surface area contributed by atoms with Gasteiger partial charge in [0.2, 0.25) is 5.95 Å². The number of nitrogens with zero attached hydrogens (tertiary/aromatic N) is 3. The molecule has 0 aliphatic heterocycles. The fraction of sp³-hybridized carbons (Fsp3) is 0.286. The number of nitrogens with one attached hydrogen (secondary N) is 2. The van der Waals surface area contributed by atoms with E-state index in [1.807, 2.05) is 11.6 Å². The van der Waals surface area contributed by atoms with E-state index >= 15 is 0 Å². The average Bonchev–Trinajstić information content (AvgIpc) is 2.48. The highest BCUT2D eigenvalue weighted by molar-refractivity contribution is 7.71. The third kappa shape index (κ3) is 1.19. The molecule has 0 spiro atoms. The smallest absolute Gasteiger partial charge is 0.202 e. The highest BCUT2D eigenvalue weighted by Crippen LogP contribution is 2.11.